The molecule has 4 rings (SSSR count). The summed E-state index contributed by atoms with van der Waals surface area (Å²) in [7, 11) is 0. The van der Waals surface area contributed by atoms with E-state index in [1.54, 1.807) is 36.4 Å². The van der Waals surface area contributed by atoms with E-state index in [1.165, 1.54) is 0 Å². The number of piperidine rings is 1. The number of nitrogens with one attached hydrogen (secondary N) is 2. The van der Waals surface area contributed by atoms with Crippen molar-refractivity contribution in [1.29, 1.82) is 0 Å². The molecule has 0 bridgehead atoms. The van der Waals surface area contributed by atoms with Crippen LogP contribution in [0.25, 0.3) is 0 Å². The van der Waals surface area contributed by atoms with E-state index in [9.17, 15) is 14.4 Å². The zero-order chi connectivity index (χ0) is 21.1. The molecule has 0 aliphatic carbocycles. The largest absolute Gasteiger partial charge is 0.376 e. The molecule has 0 radical (unpaired) electrons. The minimum Gasteiger partial charge on any atom is -0.376 e. The molecule has 2 N–H and O–H groups in total. The van der Waals surface area contributed by atoms with E-state index in [4.69, 9.17) is 11.6 Å². The number of carbonyl (C=O) groups is 1. The summed E-state index contributed by atoms with van der Waals surface area (Å²) in [4.78, 5) is 38.4. The van der Waals surface area contributed by atoms with E-state index < -0.39 is 10.9 Å². The zero-order valence-electron chi connectivity index (χ0n) is 16.4. The Balaban J connectivity index is 1.38. The minimum absolute atomic E-state index is 0.216. The lowest BCUT2D eigenvalue weighted by Gasteiger charge is -2.30. The van der Waals surface area contributed by atoms with Gasteiger partial charge in [0.15, 0.2) is 0 Å². The summed E-state index contributed by atoms with van der Waals surface area (Å²) in [6.45, 7) is 2.04. The number of amides is 1. The van der Waals surface area contributed by atoms with E-state index >= 15 is 0 Å². The Labute approximate surface area is 179 Å². The van der Waals surface area contributed by atoms with Crippen LogP contribution in [0.4, 0.5) is 17.1 Å². The lowest BCUT2D eigenvalue weighted by Crippen LogP contribution is -2.44. The summed E-state index contributed by atoms with van der Waals surface area (Å²) in [6, 6.07) is 14.0. The number of anilines is 3. The van der Waals surface area contributed by atoms with Gasteiger partial charge in [-0.1, -0.05) is 23.7 Å². The van der Waals surface area contributed by atoms with Crippen molar-refractivity contribution in [3.05, 3.63) is 85.1 Å². The van der Waals surface area contributed by atoms with Crippen LogP contribution < -0.4 is 26.4 Å². The highest BCUT2D eigenvalue weighted by Crippen LogP contribution is 2.24. The molecule has 1 fully saturated rings. The topological polar surface area (TPSA) is 78.5 Å². The molecule has 30 heavy (non-hydrogen) atoms. The molecule has 3 aromatic rings. The predicted octanol–water partition coefficient (Wildman–Crippen LogP) is 3.79. The monoisotopic (exact) mass is 423 g/mol. The fourth-order valence-corrected chi connectivity index (χ4v) is 3.79. The summed E-state index contributed by atoms with van der Waals surface area (Å²) in [5.74, 6) is -0.216. The van der Waals surface area contributed by atoms with Crippen molar-refractivity contribution in [2.75, 3.05) is 28.6 Å². The maximum atomic E-state index is 12.4. The Morgan fingerprint density at radius 1 is 0.900 bits per heavy atom. The molecule has 1 heterocycles. The van der Waals surface area contributed by atoms with Gasteiger partial charge in [0.05, 0.1) is 0 Å². The minimum atomic E-state index is -0.450. The lowest BCUT2D eigenvalue weighted by molar-refractivity contribution is 0.102. The fraction of sp³-hybridized carbons (Fsp3) is 0.261. The Kier molecular flexibility index (Phi) is 5.86. The predicted molar refractivity (Wildman–Crippen MR) is 121 cm³/mol. The van der Waals surface area contributed by atoms with Gasteiger partial charge in [0.25, 0.3) is 16.8 Å². The molecule has 1 amide bonds. The second kappa shape index (κ2) is 8.71. The second-order valence-electron chi connectivity index (χ2n) is 7.44. The van der Waals surface area contributed by atoms with Crippen molar-refractivity contribution < 1.29 is 4.79 Å². The molecule has 0 unspecified atom stereocenters. The van der Waals surface area contributed by atoms with Crippen LogP contribution >= 0.6 is 11.6 Å². The third kappa shape index (κ3) is 4.24. The summed E-state index contributed by atoms with van der Waals surface area (Å²) in [6.07, 6.45) is 3.24. The molecule has 6 nitrogen and oxygen atoms in total. The Morgan fingerprint density at radius 3 is 2.23 bits per heavy atom. The standard InChI is InChI=1S/C23H22ClN3O3/c24-17-8-10-18(11-9-17)26-23(30)16-6-4-15(5-7-16)14-25-19-20(22(29)21(19)28)27-12-2-1-3-13-27/h4-11,25H,1-3,12-14H2,(H,26,30). The number of nitrogens with zero attached hydrogens (tertiary/aromatic N) is 1. The molecule has 0 spiro atoms. The lowest BCUT2D eigenvalue weighted by atomic mass is 10.1. The van der Waals surface area contributed by atoms with Gasteiger partial charge in [-0.2, -0.15) is 0 Å². The number of hydrogen-bond donors (Lipinski definition) is 2. The van der Waals surface area contributed by atoms with Crippen LogP contribution in [0.1, 0.15) is 35.2 Å². The van der Waals surface area contributed by atoms with Crippen molar-refractivity contribution in [2.45, 2.75) is 25.8 Å². The zero-order valence-corrected chi connectivity index (χ0v) is 17.2. The van der Waals surface area contributed by atoms with Gasteiger partial charge >= 0.3 is 0 Å². The van der Waals surface area contributed by atoms with E-state index in [0.717, 1.165) is 37.9 Å². The fourth-order valence-electron chi connectivity index (χ4n) is 3.66. The van der Waals surface area contributed by atoms with Crippen LogP contribution in [-0.2, 0) is 6.54 Å². The first-order valence-corrected chi connectivity index (χ1v) is 10.4. The van der Waals surface area contributed by atoms with Crippen LogP contribution in [0.5, 0.6) is 0 Å². The quantitative estimate of drug-likeness (QED) is 0.590. The third-order valence-electron chi connectivity index (χ3n) is 5.34. The first-order chi connectivity index (χ1) is 14.5. The molecule has 154 valence electrons. The molecule has 1 aliphatic heterocycles. The van der Waals surface area contributed by atoms with Crippen LogP contribution in [-0.4, -0.2) is 19.0 Å². The van der Waals surface area contributed by atoms with Crippen molar-refractivity contribution in [1.82, 2.24) is 0 Å². The molecular weight excluding hydrogens is 402 g/mol. The van der Waals surface area contributed by atoms with Gasteiger partial charge < -0.3 is 15.5 Å². The Morgan fingerprint density at radius 2 is 1.57 bits per heavy atom. The summed E-state index contributed by atoms with van der Waals surface area (Å²) < 4.78 is 0. The smallest absolute Gasteiger partial charge is 0.255 e. The number of hydrogen-bond acceptors (Lipinski definition) is 5. The van der Waals surface area contributed by atoms with Crippen LogP contribution in [0.15, 0.2) is 58.1 Å². The average Bonchev–Trinajstić information content (AvgIpc) is 2.78. The summed E-state index contributed by atoms with van der Waals surface area (Å²) in [5, 5.41) is 6.54. The highest BCUT2D eigenvalue weighted by atomic mass is 35.5. The van der Waals surface area contributed by atoms with E-state index in [0.29, 0.717) is 34.2 Å². The maximum absolute atomic E-state index is 12.4. The van der Waals surface area contributed by atoms with Gasteiger partial charge in [0.2, 0.25) is 0 Å². The molecule has 1 saturated heterocycles. The number of benzene rings is 2. The molecule has 7 heteroatoms. The van der Waals surface area contributed by atoms with Gasteiger partial charge in [0.1, 0.15) is 11.4 Å². The SMILES string of the molecule is O=C(Nc1ccc(Cl)cc1)c1ccc(CNc2c(N3CCCCC3)c(=O)c2=O)cc1. The third-order valence-corrected chi connectivity index (χ3v) is 5.60. The van der Waals surface area contributed by atoms with Gasteiger partial charge in [-0.15, -0.1) is 0 Å². The molecule has 1 aliphatic rings. The molecular formula is C23H22ClN3O3. The Hall–Kier alpha value is -3.12. The van der Waals surface area contributed by atoms with Crippen molar-refractivity contribution in [3.63, 3.8) is 0 Å². The van der Waals surface area contributed by atoms with Gasteiger partial charge in [-0.25, -0.2) is 0 Å². The number of carbonyl (C=O) groups excluding carboxylic acids is 1. The average molecular weight is 424 g/mol. The van der Waals surface area contributed by atoms with Crippen LogP contribution in [0.2, 0.25) is 5.02 Å². The Bertz CT molecular complexity index is 1110. The molecule has 3 aromatic carbocycles. The summed E-state index contributed by atoms with van der Waals surface area (Å²) >= 11 is 5.86. The van der Waals surface area contributed by atoms with Gasteiger partial charge in [-0.05, 0) is 61.2 Å². The molecule has 0 aromatic heterocycles. The van der Waals surface area contributed by atoms with Gasteiger partial charge in [-0.3, -0.25) is 14.4 Å². The molecule has 0 atom stereocenters. The highest BCUT2D eigenvalue weighted by molar-refractivity contribution is 6.30. The first-order valence-electron chi connectivity index (χ1n) is 10.0. The number of halogens is 1. The number of rotatable bonds is 6. The van der Waals surface area contributed by atoms with Crippen LogP contribution in [0.3, 0.4) is 0 Å². The van der Waals surface area contributed by atoms with Gasteiger partial charge in [0, 0.05) is 35.9 Å². The van der Waals surface area contributed by atoms with Crippen molar-refractivity contribution >= 4 is 34.6 Å². The van der Waals surface area contributed by atoms with Crippen molar-refractivity contribution in [2.24, 2.45) is 0 Å². The maximum Gasteiger partial charge on any atom is 0.255 e. The normalized spacial score (nSPS) is 14.0. The summed E-state index contributed by atoms with van der Waals surface area (Å²) in [5.41, 5.74) is 2.20. The van der Waals surface area contributed by atoms with E-state index in [1.807, 2.05) is 17.0 Å². The first kappa shape index (κ1) is 20.2. The van der Waals surface area contributed by atoms with Crippen molar-refractivity contribution in [3.8, 4) is 0 Å². The van der Waals surface area contributed by atoms with E-state index in [-0.39, 0.29) is 5.91 Å². The second-order valence-corrected chi connectivity index (χ2v) is 7.88. The molecule has 0 saturated carbocycles. The highest BCUT2D eigenvalue weighted by Gasteiger charge is 2.26. The van der Waals surface area contributed by atoms with E-state index in [2.05, 4.69) is 10.6 Å². The van der Waals surface area contributed by atoms with Crippen LogP contribution in [0, 0.1) is 0 Å².